The summed E-state index contributed by atoms with van der Waals surface area (Å²) in [5, 5.41) is 45.7. The normalized spacial score (nSPS) is 12.9. The summed E-state index contributed by atoms with van der Waals surface area (Å²) in [6, 6.07) is 16.1. The van der Waals surface area contributed by atoms with E-state index in [1.165, 1.54) is 0 Å². The molecule has 0 atom stereocenters. The summed E-state index contributed by atoms with van der Waals surface area (Å²) in [4.78, 5) is 25.7. The van der Waals surface area contributed by atoms with Crippen molar-refractivity contribution in [2.75, 3.05) is 39.6 Å². The Morgan fingerprint density at radius 3 is 0.847 bits per heavy atom. The number of phenolic OH excluding ortho intramolecular Hbond substituents is 4. The molecule has 0 saturated heterocycles. The highest BCUT2D eigenvalue weighted by molar-refractivity contribution is 5.70. The molecule has 10 heteroatoms. The maximum Gasteiger partial charge on any atom is 0.306 e. The van der Waals surface area contributed by atoms with Crippen molar-refractivity contribution in [1.82, 2.24) is 0 Å². The molecule has 0 saturated carbocycles. The molecule has 0 aliphatic rings. The van der Waals surface area contributed by atoms with Gasteiger partial charge in [-0.25, -0.2) is 0 Å². The number of hydrogen-bond acceptors (Lipinski definition) is 10. The second-order valence-electron chi connectivity index (χ2n) is 25.9. The molecule has 0 fully saturated rings. The van der Waals surface area contributed by atoms with Crippen molar-refractivity contribution in [3.05, 3.63) is 115 Å². The van der Waals surface area contributed by atoms with Gasteiger partial charge in [-0.3, -0.25) is 9.59 Å². The van der Waals surface area contributed by atoms with E-state index in [-0.39, 0.29) is 108 Å². The first-order valence-corrected chi connectivity index (χ1v) is 25.9. The molecule has 0 radical (unpaired) electrons. The van der Waals surface area contributed by atoms with Gasteiger partial charge in [-0.2, -0.15) is 0 Å². The van der Waals surface area contributed by atoms with E-state index < -0.39 is 0 Å². The van der Waals surface area contributed by atoms with Crippen molar-refractivity contribution >= 4 is 11.9 Å². The second-order valence-corrected chi connectivity index (χ2v) is 25.9. The van der Waals surface area contributed by atoms with E-state index in [0.29, 0.717) is 37.2 Å². The van der Waals surface area contributed by atoms with Crippen molar-refractivity contribution in [3.63, 3.8) is 0 Å². The number of rotatable bonds is 19. The van der Waals surface area contributed by atoms with Gasteiger partial charge in [-0.05, 0) is 112 Å². The van der Waals surface area contributed by atoms with Gasteiger partial charge in [0.2, 0.25) is 0 Å². The maximum absolute atomic E-state index is 12.8. The Hall–Kier alpha value is -5.06. The van der Waals surface area contributed by atoms with Gasteiger partial charge in [0, 0.05) is 25.7 Å². The molecule has 0 aromatic heterocycles. The highest BCUT2D eigenvalue weighted by atomic mass is 16.6. The smallest absolute Gasteiger partial charge is 0.306 e. The van der Waals surface area contributed by atoms with Crippen molar-refractivity contribution in [3.8, 4) is 23.0 Å². The summed E-state index contributed by atoms with van der Waals surface area (Å²) >= 11 is 0. The minimum absolute atomic E-state index is 0.102. The zero-order valence-electron chi connectivity index (χ0n) is 47.3. The molecule has 398 valence electrons. The second kappa shape index (κ2) is 23.4. The van der Waals surface area contributed by atoms with Gasteiger partial charge < -0.3 is 39.4 Å². The molecular weight excluding hydrogens is 905 g/mol. The third-order valence-electron chi connectivity index (χ3n) is 13.1. The molecule has 4 aromatic rings. The first-order chi connectivity index (χ1) is 33.0. The standard InChI is InChI=1S/C62H90O10/c1-57(2,3)45-33-39(29-43(53(45)65)31-41-35-47(59(7,8)9)55(67)48(36-41)60(10,11)12)19-21-51(63)71-27-25-69-23-24-70-26-28-72-52(64)22-20-40-30-44(54(66)46(34-40)58(4,5)6)32-42-37-49(61(13,14)15)56(68)50(38-42)62(16,17)18/h29-30,33-38,65-68H,19-28,31-32H2,1-18H3. The summed E-state index contributed by atoms with van der Waals surface area (Å²) in [7, 11) is 0. The predicted molar refractivity (Wildman–Crippen MR) is 290 cm³/mol. The number of aryl methyl sites for hydroxylation is 2. The monoisotopic (exact) mass is 995 g/mol. The summed E-state index contributed by atoms with van der Waals surface area (Å²) in [5.74, 6) is 0.449. The molecule has 0 heterocycles. The van der Waals surface area contributed by atoms with Crippen molar-refractivity contribution < 1.29 is 49.0 Å². The lowest BCUT2D eigenvalue weighted by Gasteiger charge is -2.28. The number of carbonyl (C=O) groups excluding carboxylic acids is 2. The molecule has 72 heavy (non-hydrogen) atoms. The number of carbonyl (C=O) groups is 2. The topological polar surface area (TPSA) is 152 Å². The zero-order chi connectivity index (χ0) is 54.4. The summed E-state index contributed by atoms with van der Waals surface area (Å²) < 4.78 is 22.2. The van der Waals surface area contributed by atoms with Crippen molar-refractivity contribution in [2.45, 2.75) is 196 Å². The van der Waals surface area contributed by atoms with Gasteiger partial charge in [0.1, 0.15) is 36.2 Å². The zero-order valence-corrected chi connectivity index (χ0v) is 47.3. The molecule has 0 bridgehead atoms. The molecule has 0 unspecified atom stereocenters. The lowest BCUT2D eigenvalue weighted by Crippen LogP contribution is -2.18. The van der Waals surface area contributed by atoms with Crippen LogP contribution in [0, 0.1) is 0 Å². The molecule has 10 nitrogen and oxygen atoms in total. The first-order valence-electron chi connectivity index (χ1n) is 25.9. The number of aromatic hydroxyl groups is 4. The highest BCUT2D eigenvalue weighted by Gasteiger charge is 2.30. The number of benzene rings is 4. The van der Waals surface area contributed by atoms with Crippen LogP contribution in [0.25, 0.3) is 0 Å². The molecular formula is C62H90O10. The Morgan fingerprint density at radius 1 is 0.347 bits per heavy atom. The SMILES string of the molecule is CC(C)(C)c1cc(CCC(=O)OCCOCCOCCOC(=O)CCc2cc(Cc3cc(C(C)(C)C)c(O)c(C(C)(C)C)c3)c(O)c(C(C)(C)C)c2)cc(Cc2cc(C(C)(C)C)c(O)c(C(C)(C)C)c2)c1O. The van der Waals surface area contributed by atoms with E-state index in [9.17, 15) is 30.0 Å². The lowest BCUT2D eigenvalue weighted by molar-refractivity contribution is -0.146. The molecule has 4 N–H and O–H groups in total. The fourth-order valence-corrected chi connectivity index (χ4v) is 8.93. The van der Waals surface area contributed by atoms with Gasteiger partial charge >= 0.3 is 11.9 Å². The quantitative estimate of drug-likeness (QED) is 0.0528. The van der Waals surface area contributed by atoms with Gasteiger partial charge in [0.25, 0.3) is 0 Å². The van der Waals surface area contributed by atoms with Crippen LogP contribution in [0.1, 0.15) is 204 Å². The maximum atomic E-state index is 12.8. The largest absolute Gasteiger partial charge is 0.507 e. The van der Waals surface area contributed by atoms with Crippen LogP contribution in [-0.2, 0) is 86.7 Å². The molecule has 0 aliphatic heterocycles. The first kappa shape index (κ1) is 59.5. The molecule has 4 aromatic carbocycles. The van der Waals surface area contributed by atoms with Gasteiger partial charge in [0.15, 0.2) is 0 Å². The number of esters is 2. The average molecular weight is 995 g/mol. The number of phenols is 4. The van der Waals surface area contributed by atoms with E-state index >= 15 is 0 Å². The third kappa shape index (κ3) is 16.7. The lowest BCUT2D eigenvalue weighted by atomic mass is 9.77. The molecule has 0 aliphatic carbocycles. The van der Waals surface area contributed by atoms with Crippen LogP contribution in [0.15, 0.2) is 48.5 Å². The van der Waals surface area contributed by atoms with Gasteiger partial charge in [-0.1, -0.05) is 173 Å². The summed E-state index contributed by atoms with van der Waals surface area (Å²) in [6.07, 6.45) is 2.17. The predicted octanol–water partition coefficient (Wildman–Crippen LogP) is 13.2. The molecule has 0 amide bonds. The van der Waals surface area contributed by atoms with E-state index in [0.717, 1.165) is 66.8 Å². The third-order valence-corrected chi connectivity index (χ3v) is 13.1. The van der Waals surface area contributed by atoms with Crippen molar-refractivity contribution in [2.24, 2.45) is 0 Å². The van der Waals surface area contributed by atoms with Crippen molar-refractivity contribution in [1.29, 1.82) is 0 Å². The minimum atomic E-state index is -0.342. The van der Waals surface area contributed by atoms with Crippen LogP contribution >= 0.6 is 0 Å². The summed E-state index contributed by atoms with van der Waals surface area (Å²) in [5.41, 5.74) is 8.69. The van der Waals surface area contributed by atoms with E-state index in [1.807, 2.05) is 48.5 Å². The van der Waals surface area contributed by atoms with Crippen LogP contribution in [0.3, 0.4) is 0 Å². The fraction of sp³-hybridized carbons (Fsp3) is 0.581. The van der Waals surface area contributed by atoms with Gasteiger partial charge in [-0.15, -0.1) is 0 Å². The van der Waals surface area contributed by atoms with E-state index in [1.54, 1.807) is 0 Å². The number of ether oxygens (including phenoxy) is 4. The molecule has 0 spiro atoms. The van der Waals surface area contributed by atoms with Gasteiger partial charge in [0.05, 0.1) is 26.4 Å². The highest BCUT2D eigenvalue weighted by Crippen LogP contribution is 2.44. The Morgan fingerprint density at radius 2 is 0.583 bits per heavy atom. The Kier molecular flexibility index (Phi) is 19.4. The van der Waals surface area contributed by atoms with Crippen LogP contribution in [0.2, 0.25) is 0 Å². The fourth-order valence-electron chi connectivity index (χ4n) is 8.93. The minimum Gasteiger partial charge on any atom is -0.507 e. The van der Waals surface area contributed by atoms with Crippen LogP contribution < -0.4 is 0 Å². The average Bonchev–Trinajstić information content (AvgIpc) is 3.23. The van der Waals surface area contributed by atoms with E-state index in [4.69, 9.17) is 18.9 Å². The van der Waals surface area contributed by atoms with Crippen LogP contribution in [0.4, 0.5) is 0 Å². The Bertz CT molecular complexity index is 2260. The van der Waals surface area contributed by atoms with Crippen LogP contribution in [-0.4, -0.2) is 72.0 Å². The Balaban J connectivity index is 1.22. The molecule has 4 rings (SSSR count). The Labute approximate surface area is 432 Å². The van der Waals surface area contributed by atoms with Crippen LogP contribution in [0.5, 0.6) is 23.0 Å². The number of hydrogen-bond donors (Lipinski definition) is 4. The summed E-state index contributed by atoms with van der Waals surface area (Å²) in [6.45, 7) is 38.6. The van der Waals surface area contributed by atoms with E-state index in [2.05, 4.69) is 125 Å².